The zero-order valence-electron chi connectivity index (χ0n) is 16.8. The third-order valence-electron chi connectivity index (χ3n) is 5.12. The van der Waals surface area contributed by atoms with Crippen molar-refractivity contribution in [1.82, 2.24) is 25.3 Å². The normalized spacial score (nSPS) is 15.4. The Morgan fingerprint density at radius 1 is 1.17 bits per heavy atom. The molecule has 9 heteroatoms. The fraction of sp³-hybridized carbons (Fsp3) is 0.381. The minimum atomic E-state index is -0.235. The standard InChI is InChI=1S/C21H24N6O2S/c1-14-25-26-21(30-14)24-20(29)11-10-19(28)23-17-8-5-9-18-16(17)12-22-27(18)13-15-6-3-2-4-7-15/h2-4,6-7,12,17H,5,8-11,13H2,1H3,(H,23,28)(H,24,26,29)/t17-/m1/s1. The number of aromatic nitrogens is 4. The lowest BCUT2D eigenvalue weighted by Crippen LogP contribution is -2.31. The molecule has 0 unspecified atom stereocenters. The molecular weight excluding hydrogens is 400 g/mol. The van der Waals surface area contributed by atoms with Crippen LogP contribution in [0.3, 0.4) is 0 Å². The van der Waals surface area contributed by atoms with E-state index in [0.717, 1.165) is 36.4 Å². The summed E-state index contributed by atoms with van der Waals surface area (Å²) in [5.41, 5.74) is 3.46. The van der Waals surface area contributed by atoms with Crippen molar-refractivity contribution in [2.24, 2.45) is 0 Å². The number of carbonyl (C=O) groups excluding carboxylic acids is 2. The molecule has 4 rings (SSSR count). The van der Waals surface area contributed by atoms with Gasteiger partial charge in [-0.05, 0) is 31.7 Å². The van der Waals surface area contributed by atoms with Crippen LogP contribution in [0.2, 0.25) is 0 Å². The van der Waals surface area contributed by atoms with Gasteiger partial charge in [-0.2, -0.15) is 5.10 Å². The largest absolute Gasteiger partial charge is 0.349 e. The maximum Gasteiger partial charge on any atom is 0.226 e. The molecule has 0 spiro atoms. The summed E-state index contributed by atoms with van der Waals surface area (Å²) in [5.74, 6) is -0.367. The molecule has 0 radical (unpaired) electrons. The molecule has 0 saturated carbocycles. The first-order chi connectivity index (χ1) is 14.6. The fourth-order valence-electron chi connectivity index (χ4n) is 3.68. The highest BCUT2D eigenvalue weighted by Crippen LogP contribution is 2.30. The Kier molecular flexibility index (Phi) is 6.18. The summed E-state index contributed by atoms with van der Waals surface area (Å²) in [7, 11) is 0. The van der Waals surface area contributed by atoms with Gasteiger partial charge in [0.25, 0.3) is 0 Å². The van der Waals surface area contributed by atoms with E-state index >= 15 is 0 Å². The molecule has 2 heterocycles. The molecule has 2 aromatic heterocycles. The molecule has 0 saturated heterocycles. The Labute approximate surface area is 178 Å². The van der Waals surface area contributed by atoms with E-state index in [1.54, 1.807) is 0 Å². The number of rotatable bonds is 7. The number of amides is 2. The van der Waals surface area contributed by atoms with E-state index in [1.165, 1.54) is 22.6 Å². The van der Waals surface area contributed by atoms with Gasteiger partial charge in [0.05, 0.1) is 18.8 Å². The number of benzene rings is 1. The Morgan fingerprint density at radius 3 is 2.73 bits per heavy atom. The topological polar surface area (TPSA) is 102 Å². The number of aryl methyl sites for hydroxylation is 1. The summed E-state index contributed by atoms with van der Waals surface area (Å²) in [5, 5.41) is 19.3. The Hall–Kier alpha value is -3.07. The Bertz CT molecular complexity index is 1030. The van der Waals surface area contributed by atoms with E-state index < -0.39 is 0 Å². The molecule has 156 valence electrons. The van der Waals surface area contributed by atoms with Crippen LogP contribution in [0, 0.1) is 6.92 Å². The number of anilines is 1. The summed E-state index contributed by atoms with van der Waals surface area (Å²) in [4.78, 5) is 24.5. The number of nitrogens with zero attached hydrogens (tertiary/aromatic N) is 4. The third-order valence-corrected chi connectivity index (χ3v) is 5.88. The summed E-state index contributed by atoms with van der Waals surface area (Å²) >= 11 is 1.31. The average molecular weight is 425 g/mol. The SMILES string of the molecule is Cc1nnc(NC(=O)CCC(=O)N[C@@H]2CCCc3c2cnn3Cc2ccccc2)s1. The van der Waals surface area contributed by atoms with E-state index in [-0.39, 0.29) is 30.7 Å². The summed E-state index contributed by atoms with van der Waals surface area (Å²) in [6.45, 7) is 2.54. The van der Waals surface area contributed by atoms with Crippen molar-refractivity contribution in [2.45, 2.75) is 51.6 Å². The van der Waals surface area contributed by atoms with E-state index in [2.05, 4.69) is 38.1 Å². The number of hydrogen-bond donors (Lipinski definition) is 2. The van der Waals surface area contributed by atoms with Crippen LogP contribution in [-0.2, 0) is 22.6 Å². The second-order valence-corrected chi connectivity index (χ2v) is 8.56. The minimum Gasteiger partial charge on any atom is -0.349 e. The predicted octanol–water partition coefficient (Wildman–Crippen LogP) is 3.00. The number of nitrogens with one attached hydrogen (secondary N) is 2. The van der Waals surface area contributed by atoms with Crippen molar-refractivity contribution >= 4 is 28.3 Å². The number of carbonyl (C=O) groups is 2. The zero-order chi connectivity index (χ0) is 20.9. The predicted molar refractivity (Wildman–Crippen MR) is 114 cm³/mol. The third kappa shape index (κ3) is 4.91. The van der Waals surface area contributed by atoms with E-state index in [1.807, 2.05) is 36.0 Å². The van der Waals surface area contributed by atoms with Gasteiger partial charge in [-0.1, -0.05) is 41.7 Å². The Morgan fingerprint density at radius 2 is 1.97 bits per heavy atom. The lowest BCUT2D eigenvalue weighted by atomic mass is 9.92. The van der Waals surface area contributed by atoms with Crippen molar-refractivity contribution in [2.75, 3.05) is 5.32 Å². The first kappa shape index (κ1) is 20.2. The molecule has 1 aliphatic rings. The minimum absolute atomic E-state index is 0.0559. The van der Waals surface area contributed by atoms with Crippen LogP contribution in [-0.4, -0.2) is 31.8 Å². The maximum absolute atomic E-state index is 12.4. The van der Waals surface area contributed by atoms with Crippen LogP contribution < -0.4 is 10.6 Å². The highest BCUT2D eigenvalue weighted by molar-refractivity contribution is 7.15. The lowest BCUT2D eigenvalue weighted by molar-refractivity contribution is -0.125. The molecule has 30 heavy (non-hydrogen) atoms. The van der Waals surface area contributed by atoms with E-state index in [9.17, 15) is 9.59 Å². The van der Waals surface area contributed by atoms with Gasteiger partial charge in [0.2, 0.25) is 16.9 Å². The summed E-state index contributed by atoms with van der Waals surface area (Å²) < 4.78 is 2.03. The van der Waals surface area contributed by atoms with Gasteiger partial charge >= 0.3 is 0 Å². The highest BCUT2D eigenvalue weighted by atomic mass is 32.1. The van der Waals surface area contributed by atoms with Gasteiger partial charge in [0.1, 0.15) is 5.01 Å². The van der Waals surface area contributed by atoms with Crippen LogP contribution >= 0.6 is 11.3 Å². The smallest absolute Gasteiger partial charge is 0.226 e. The van der Waals surface area contributed by atoms with Crippen molar-refractivity contribution in [3.63, 3.8) is 0 Å². The van der Waals surface area contributed by atoms with Crippen LogP contribution in [0.5, 0.6) is 0 Å². The van der Waals surface area contributed by atoms with Gasteiger partial charge < -0.3 is 10.6 Å². The van der Waals surface area contributed by atoms with Crippen molar-refractivity contribution in [1.29, 1.82) is 0 Å². The number of hydrogen-bond acceptors (Lipinski definition) is 6. The molecule has 1 atom stereocenters. The van der Waals surface area contributed by atoms with Gasteiger partial charge in [0.15, 0.2) is 0 Å². The average Bonchev–Trinajstić information content (AvgIpc) is 3.34. The fourth-order valence-corrected chi connectivity index (χ4v) is 4.29. The monoisotopic (exact) mass is 424 g/mol. The lowest BCUT2D eigenvalue weighted by Gasteiger charge is -2.24. The van der Waals surface area contributed by atoms with E-state index in [0.29, 0.717) is 5.13 Å². The molecule has 1 aromatic carbocycles. The molecule has 0 bridgehead atoms. The van der Waals surface area contributed by atoms with Crippen molar-refractivity contribution in [3.8, 4) is 0 Å². The molecule has 2 N–H and O–H groups in total. The van der Waals surface area contributed by atoms with Crippen molar-refractivity contribution in [3.05, 3.63) is 58.4 Å². The van der Waals surface area contributed by atoms with Crippen molar-refractivity contribution < 1.29 is 9.59 Å². The Balaban J connectivity index is 1.32. The van der Waals surface area contributed by atoms with Gasteiger partial charge in [-0.15, -0.1) is 10.2 Å². The second kappa shape index (κ2) is 9.17. The molecule has 2 amide bonds. The first-order valence-corrected chi connectivity index (χ1v) is 10.9. The van der Waals surface area contributed by atoms with Gasteiger partial charge in [-0.3, -0.25) is 14.3 Å². The molecule has 0 aliphatic heterocycles. The molecule has 1 aliphatic carbocycles. The number of fused-ring (bicyclic) bond motifs is 1. The molecular formula is C21H24N6O2S. The van der Waals surface area contributed by atoms with Crippen LogP contribution in [0.25, 0.3) is 0 Å². The second-order valence-electron chi connectivity index (χ2n) is 7.38. The molecule has 0 fully saturated rings. The maximum atomic E-state index is 12.4. The quantitative estimate of drug-likeness (QED) is 0.607. The van der Waals surface area contributed by atoms with Crippen LogP contribution in [0.1, 0.15) is 53.6 Å². The first-order valence-electron chi connectivity index (χ1n) is 10.1. The van der Waals surface area contributed by atoms with Gasteiger partial charge in [-0.25, -0.2) is 0 Å². The van der Waals surface area contributed by atoms with Crippen LogP contribution in [0.15, 0.2) is 36.5 Å². The summed E-state index contributed by atoms with van der Waals surface area (Å²) in [6.07, 6.45) is 4.94. The zero-order valence-corrected chi connectivity index (χ0v) is 17.6. The molecule has 8 nitrogen and oxygen atoms in total. The van der Waals surface area contributed by atoms with E-state index in [4.69, 9.17) is 0 Å². The van der Waals surface area contributed by atoms with Crippen LogP contribution in [0.4, 0.5) is 5.13 Å². The highest BCUT2D eigenvalue weighted by Gasteiger charge is 2.25. The van der Waals surface area contributed by atoms with Gasteiger partial charge in [0, 0.05) is 24.1 Å². The summed E-state index contributed by atoms with van der Waals surface area (Å²) in [6, 6.07) is 10.2. The molecule has 3 aromatic rings.